The van der Waals surface area contributed by atoms with Gasteiger partial charge in [-0.2, -0.15) is 13.2 Å². The molecule has 0 saturated heterocycles. The van der Waals surface area contributed by atoms with Gasteiger partial charge in [-0.1, -0.05) is 0 Å². The van der Waals surface area contributed by atoms with Gasteiger partial charge in [0.2, 0.25) is 0 Å². The summed E-state index contributed by atoms with van der Waals surface area (Å²) in [6, 6.07) is 4.25. The number of hydrogen-bond acceptors (Lipinski definition) is 2. The van der Waals surface area contributed by atoms with Crippen molar-refractivity contribution in [1.29, 1.82) is 0 Å². The maximum Gasteiger partial charge on any atom is 0.405 e. The molecule has 0 fully saturated rings. The van der Waals surface area contributed by atoms with Gasteiger partial charge in [-0.05, 0) is 24.6 Å². The molecule has 1 aromatic carbocycles. The molecule has 0 aliphatic rings. The summed E-state index contributed by atoms with van der Waals surface area (Å²) in [6.07, 6.45) is -4.25. The minimum atomic E-state index is -4.25. The number of halogens is 3. The van der Waals surface area contributed by atoms with Crippen LogP contribution in [0.15, 0.2) is 18.2 Å². The molecule has 0 spiro atoms. The van der Waals surface area contributed by atoms with Crippen molar-refractivity contribution in [2.24, 2.45) is 0 Å². The Labute approximate surface area is 79.4 Å². The number of anilines is 1. The minimum Gasteiger partial charge on any atom is -0.508 e. The zero-order chi connectivity index (χ0) is 10.8. The lowest BCUT2D eigenvalue weighted by atomic mass is 10.2. The third-order valence-corrected chi connectivity index (χ3v) is 1.56. The summed E-state index contributed by atoms with van der Waals surface area (Å²) in [5, 5.41) is 11.3. The van der Waals surface area contributed by atoms with Crippen molar-refractivity contribution < 1.29 is 18.3 Å². The van der Waals surface area contributed by atoms with Gasteiger partial charge in [0.15, 0.2) is 0 Å². The fourth-order valence-corrected chi connectivity index (χ4v) is 1.07. The number of hydrogen-bond donors (Lipinski definition) is 2. The lowest BCUT2D eigenvalue weighted by Gasteiger charge is -2.10. The van der Waals surface area contributed by atoms with E-state index < -0.39 is 12.7 Å². The monoisotopic (exact) mass is 205 g/mol. The number of aryl methyl sites for hydroxylation is 1. The molecule has 78 valence electrons. The Balaban J connectivity index is 2.68. The van der Waals surface area contributed by atoms with Crippen molar-refractivity contribution in [3.63, 3.8) is 0 Å². The fourth-order valence-electron chi connectivity index (χ4n) is 1.07. The van der Waals surface area contributed by atoms with E-state index in [1.54, 1.807) is 6.92 Å². The van der Waals surface area contributed by atoms with E-state index in [1.165, 1.54) is 18.2 Å². The maximum atomic E-state index is 11.8. The van der Waals surface area contributed by atoms with Crippen LogP contribution in [0.2, 0.25) is 0 Å². The van der Waals surface area contributed by atoms with E-state index in [9.17, 15) is 13.2 Å². The number of phenolic OH excluding ortho intramolecular Hbond substituents is 1. The smallest absolute Gasteiger partial charge is 0.405 e. The second kappa shape index (κ2) is 3.77. The molecule has 0 saturated carbocycles. The molecule has 0 radical (unpaired) electrons. The molecule has 0 aliphatic carbocycles. The Bertz CT molecular complexity index is 302. The Hall–Kier alpha value is -1.39. The molecule has 2 N–H and O–H groups in total. The van der Waals surface area contributed by atoms with Crippen molar-refractivity contribution in [2.45, 2.75) is 13.1 Å². The first-order valence-corrected chi connectivity index (χ1v) is 3.98. The Morgan fingerprint density at radius 2 is 1.93 bits per heavy atom. The largest absolute Gasteiger partial charge is 0.508 e. The number of aromatic hydroxyl groups is 1. The fraction of sp³-hybridized carbons (Fsp3) is 0.333. The van der Waals surface area contributed by atoms with Crippen molar-refractivity contribution in [3.8, 4) is 5.75 Å². The molecule has 0 atom stereocenters. The van der Waals surface area contributed by atoms with E-state index >= 15 is 0 Å². The number of rotatable bonds is 2. The topological polar surface area (TPSA) is 32.3 Å². The molecule has 0 amide bonds. The average Bonchev–Trinajstić information content (AvgIpc) is 1.97. The van der Waals surface area contributed by atoms with Gasteiger partial charge in [0.1, 0.15) is 12.3 Å². The summed E-state index contributed by atoms with van der Waals surface area (Å²) in [5.74, 6) is -0.0466. The van der Waals surface area contributed by atoms with E-state index in [4.69, 9.17) is 5.11 Å². The zero-order valence-electron chi connectivity index (χ0n) is 7.52. The first-order valence-electron chi connectivity index (χ1n) is 3.98. The molecule has 0 unspecified atom stereocenters. The van der Waals surface area contributed by atoms with Crippen LogP contribution in [-0.4, -0.2) is 17.8 Å². The summed E-state index contributed by atoms with van der Waals surface area (Å²) in [7, 11) is 0. The van der Waals surface area contributed by atoms with E-state index in [0.29, 0.717) is 5.56 Å². The van der Waals surface area contributed by atoms with E-state index in [-0.39, 0.29) is 11.4 Å². The Kier molecular flexibility index (Phi) is 2.88. The lowest BCUT2D eigenvalue weighted by Crippen LogP contribution is -2.21. The van der Waals surface area contributed by atoms with Crippen molar-refractivity contribution in [2.75, 3.05) is 11.9 Å². The quantitative estimate of drug-likeness (QED) is 0.777. The predicted molar refractivity (Wildman–Crippen MR) is 47.4 cm³/mol. The highest BCUT2D eigenvalue weighted by Crippen LogP contribution is 2.21. The molecule has 0 aromatic heterocycles. The standard InChI is InChI=1S/C9H10F3NO/c1-6-2-7(4-8(14)3-6)13-5-9(10,11)12/h2-4,13-14H,5H2,1H3. The third-order valence-electron chi connectivity index (χ3n) is 1.56. The van der Waals surface area contributed by atoms with Gasteiger partial charge in [0.05, 0.1) is 0 Å². The third kappa shape index (κ3) is 3.55. The second-order valence-electron chi connectivity index (χ2n) is 3.03. The molecule has 0 aliphatic heterocycles. The van der Waals surface area contributed by atoms with Crippen LogP contribution in [0.1, 0.15) is 5.56 Å². The van der Waals surface area contributed by atoms with Crippen molar-refractivity contribution >= 4 is 5.69 Å². The molecule has 14 heavy (non-hydrogen) atoms. The number of benzene rings is 1. The van der Waals surface area contributed by atoms with Crippen LogP contribution < -0.4 is 5.32 Å². The van der Waals surface area contributed by atoms with Crippen LogP contribution in [0.5, 0.6) is 5.75 Å². The molecule has 5 heteroatoms. The van der Waals surface area contributed by atoms with E-state index in [0.717, 1.165) is 0 Å². The average molecular weight is 205 g/mol. The number of phenols is 1. The predicted octanol–water partition coefficient (Wildman–Crippen LogP) is 2.67. The van der Waals surface area contributed by atoms with E-state index in [1.807, 2.05) is 0 Å². The highest BCUT2D eigenvalue weighted by atomic mass is 19.4. The molecule has 0 bridgehead atoms. The van der Waals surface area contributed by atoms with Gasteiger partial charge in [0.25, 0.3) is 0 Å². The molecule has 1 rings (SSSR count). The Morgan fingerprint density at radius 3 is 2.43 bits per heavy atom. The van der Waals surface area contributed by atoms with Crippen LogP contribution in [0.4, 0.5) is 18.9 Å². The van der Waals surface area contributed by atoms with Gasteiger partial charge < -0.3 is 10.4 Å². The van der Waals surface area contributed by atoms with Crippen LogP contribution in [0.3, 0.4) is 0 Å². The molecule has 2 nitrogen and oxygen atoms in total. The van der Waals surface area contributed by atoms with E-state index in [2.05, 4.69) is 5.32 Å². The summed E-state index contributed by atoms with van der Waals surface area (Å²) in [5.41, 5.74) is 0.967. The zero-order valence-corrected chi connectivity index (χ0v) is 7.52. The first kappa shape index (κ1) is 10.7. The van der Waals surface area contributed by atoms with Crippen LogP contribution >= 0.6 is 0 Å². The van der Waals surface area contributed by atoms with Gasteiger partial charge in [-0.25, -0.2) is 0 Å². The second-order valence-corrected chi connectivity index (χ2v) is 3.03. The number of nitrogens with one attached hydrogen (secondary N) is 1. The van der Waals surface area contributed by atoms with Crippen molar-refractivity contribution in [3.05, 3.63) is 23.8 Å². The van der Waals surface area contributed by atoms with Crippen LogP contribution in [0.25, 0.3) is 0 Å². The lowest BCUT2D eigenvalue weighted by molar-refractivity contribution is -0.115. The molecule has 1 aromatic rings. The first-order chi connectivity index (χ1) is 6.37. The van der Waals surface area contributed by atoms with Gasteiger partial charge in [-0.3, -0.25) is 0 Å². The molecular weight excluding hydrogens is 195 g/mol. The molecule has 0 heterocycles. The summed E-state index contributed by atoms with van der Waals surface area (Å²) in [4.78, 5) is 0. The van der Waals surface area contributed by atoms with Crippen LogP contribution in [-0.2, 0) is 0 Å². The van der Waals surface area contributed by atoms with Gasteiger partial charge in [-0.15, -0.1) is 0 Å². The van der Waals surface area contributed by atoms with Gasteiger partial charge in [0, 0.05) is 11.8 Å². The minimum absolute atomic E-state index is 0.0466. The Morgan fingerprint density at radius 1 is 1.29 bits per heavy atom. The highest BCUT2D eigenvalue weighted by molar-refractivity contribution is 5.50. The number of alkyl halides is 3. The van der Waals surface area contributed by atoms with Crippen LogP contribution in [0, 0.1) is 6.92 Å². The maximum absolute atomic E-state index is 11.8. The SMILES string of the molecule is Cc1cc(O)cc(NCC(F)(F)F)c1. The van der Waals surface area contributed by atoms with Gasteiger partial charge >= 0.3 is 6.18 Å². The highest BCUT2D eigenvalue weighted by Gasteiger charge is 2.26. The summed E-state index contributed by atoms with van der Waals surface area (Å²) >= 11 is 0. The molecular formula is C9H10F3NO. The summed E-state index contributed by atoms with van der Waals surface area (Å²) < 4.78 is 35.5. The van der Waals surface area contributed by atoms with Crippen molar-refractivity contribution in [1.82, 2.24) is 0 Å². The normalized spacial score (nSPS) is 11.4. The summed E-state index contributed by atoms with van der Waals surface area (Å²) in [6.45, 7) is 0.592.